The van der Waals surface area contributed by atoms with E-state index >= 15 is 0 Å². The Bertz CT molecular complexity index is 1150. The topological polar surface area (TPSA) is 67.2 Å². The van der Waals surface area contributed by atoms with E-state index in [9.17, 15) is 9.59 Å². The van der Waals surface area contributed by atoms with Gasteiger partial charge in [0.1, 0.15) is 11.5 Å². The van der Waals surface area contributed by atoms with E-state index < -0.39 is 0 Å². The van der Waals surface area contributed by atoms with Gasteiger partial charge in [0.15, 0.2) is 0 Å². The van der Waals surface area contributed by atoms with E-state index in [1.807, 2.05) is 48.5 Å². The minimum atomic E-state index is -0.172. The van der Waals surface area contributed by atoms with E-state index in [1.165, 1.54) is 0 Å². The molecule has 2 aliphatic heterocycles. The largest absolute Gasteiger partial charge is 0.327 e. The molecule has 0 spiro atoms. The van der Waals surface area contributed by atoms with E-state index in [2.05, 4.69) is 9.88 Å². The van der Waals surface area contributed by atoms with Gasteiger partial charge in [-0.25, -0.2) is 4.98 Å². The third kappa shape index (κ3) is 3.63. The quantitative estimate of drug-likeness (QED) is 0.689. The Balaban J connectivity index is 1.46. The zero-order valence-corrected chi connectivity index (χ0v) is 17.7. The highest BCUT2D eigenvalue weighted by atomic mass is 16.2. The van der Waals surface area contributed by atoms with Gasteiger partial charge in [0, 0.05) is 37.0 Å². The SMILES string of the molecule is CC(=O)N1CCc2cc(NC(=O)c3nc(-c4ccccc4)n4c3CCCCC4)ccc21. The third-order valence-electron chi connectivity index (χ3n) is 6.23. The molecule has 2 aliphatic rings. The van der Waals surface area contributed by atoms with Crippen LogP contribution < -0.4 is 10.2 Å². The van der Waals surface area contributed by atoms with Crippen molar-refractivity contribution in [3.05, 3.63) is 65.5 Å². The van der Waals surface area contributed by atoms with E-state index in [4.69, 9.17) is 4.98 Å². The number of imidazole rings is 1. The normalized spacial score (nSPS) is 15.2. The molecule has 0 saturated heterocycles. The first-order chi connectivity index (χ1) is 15.1. The van der Waals surface area contributed by atoms with Crippen LogP contribution in [0.1, 0.15) is 47.9 Å². The molecule has 0 aliphatic carbocycles. The van der Waals surface area contributed by atoms with Gasteiger partial charge < -0.3 is 14.8 Å². The molecular weight excluding hydrogens is 388 g/mol. The summed E-state index contributed by atoms with van der Waals surface area (Å²) in [7, 11) is 0. The molecule has 3 heterocycles. The monoisotopic (exact) mass is 414 g/mol. The summed E-state index contributed by atoms with van der Waals surface area (Å²) in [5, 5.41) is 3.05. The Morgan fingerprint density at radius 3 is 2.61 bits per heavy atom. The number of fused-ring (bicyclic) bond motifs is 2. The second-order valence-corrected chi connectivity index (χ2v) is 8.28. The Morgan fingerprint density at radius 2 is 1.81 bits per heavy atom. The Kier molecular flexibility index (Phi) is 5.06. The molecule has 31 heavy (non-hydrogen) atoms. The van der Waals surface area contributed by atoms with Crippen molar-refractivity contribution >= 4 is 23.2 Å². The van der Waals surface area contributed by atoms with Gasteiger partial charge in [-0.05, 0) is 49.4 Å². The fraction of sp³-hybridized carbons (Fsp3) is 0.320. The van der Waals surface area contributed by atoms with Crippen LogP contribution in [-0.4, -0.2) is 27.9 Å². The highest BCUT2D eigenvalue weighted by Crippen LogP contribution is 2.31. The first-order valence-electron chi connectivity index (χ1n) is 11.0. The summed E-state index contributed by atoms with van der Waals surface area (Å²) in [4.78, 5) is 31.6. The molecule has 3 aromatic rings. The Labute approximate surface area is 181 Å². The standard InChI is InChI=1S/C25H26N4O2/c1-17(30)28-15-13-19-16-20(11-12-21(19)28)26-25(31)23-22-10-6-3-7-14-29(22)24(27-23)18-8-4-2-5-9-18/h2,4-5,8-9,11-12,16H,3,6-7,10,13-15H2,1H3,(H,26,31). The predicted molar refractivity (Wildman–Crippen MR) is 121 cm³/mol. The van der Waals surface area contributed by atoms with Crippen LogP contribution >= 0.6 is 0 Å². The number of hydrogen-bond donors (Lipinski definition) is 1. The van der Waals surface area contributed by atoms with Gasteiger partial charge in [-0.2, -0.15) is 0 Å². The highest BCUT2D eigenvalue weighted by Gasteiger charge is 2.26. The van der Waals surface area contributed by atoms with E-state index in [1.54, 1.807) is 11.8 Å². The smallest absolute Gasteiger partial charge is 0.276 e. The summed E-state index contributed by atoms with van der Waals surface area (Å²) in [6.07, 6.45) is 4.99. The third-order valence-corrected chi connectivity index (χ3v) is 6.23. The van der Waals surface area contributed by atoms with E-state index in [0.717, 1.165) is 72.7 Å². The lowest BCUT2D eigenvalue weighted by Crippen LogP contribution is -2.25. The van der Waals surface area contributed by atoms with Crippen molar-refractivity contribution in [3.63, 3.8) is 0 Å². The van der Waals surface area contributed by atoms with Gasteiger partial charge in [-0.1, -0.05) is 36.8 Å². The number of nitrogens with zero attached hydrogens (tertiary/aromatic N) is 3. The number of anilines is 2. The Hall–Kier alpha value is -3.41. The molecule has 0 saturated carbocycles. The molecule has 0 radical (unpaired) electrons. The molecule has 2 amide bonds. The number of carbonyl (C=O) groups is 2. The lowest BCUT2D eigenvalue weighted by molar-refractivity contribution is -0.116. The zero-order valence-electron chi connectivity index (χ0n) is 17.7. The van der Waals surface area contributed by atoms with Crippen molar-refractivity contribution in [2.24, 2.45) is 0 Å². The maximum absolute atomic E-state index is 13.3. The van der Waals surface area contributed by atoms with Gasteiger partial charge in [0.05, 0.1) is 5.69 Å². The number of amides is 2. The Morgan fingerprint density at radius 1 is 0.968 bits per heavy atom. The van der Waals surface area contributed by atoms with Crippen molar-refractivity contribution in [2.75, 3.05) is 16.8 Å². The van der Waals surface area contributed by atoms with Crippen LogP contribution in [0.5, 0.6) is 0 Å². The van der Waals surface area contributed by atoms with Crippen molar-refractivity contribution in [1.29, 1.82) is 0 Å². The molecule has 2 aromatic carbocycles. The second kappa shape index (κ2) is 8.02. The van der Waals surface area contributed by atoms with Crippen LogP contribution in [0.4, 0.5) is 11.4 Å². The van der Waals surface area contributed by atoms with Gasteiger partial charge >= 0.3 is 0 Å². The number of carbonyl (C=O) groups excluding carboxylic acids is 2. The fourth-order valence-corrected chi connectivity index (χ4v) is 4.71. The van der Waals surface area contributed by atoms with E-state index in [-0.39, 0.29) is 11.8 Å². The minimum Gasteiger partial charge on any atom is -0.327 e. The first kappa shape index (κ1) is 19.5. The average Bonchev–Trinajstić information content (AvgIpc) is 3.28. The number of benzene rings is 2. The molecule has 0 bridgehead atoms. The molecule has 0 unspecified atom stereocenters. The van der Waals surface area contributed by atoms with Gasteiger partial charge in [-0.3, -0.25) is 9.59 Å². The summed E-state index contributed by atoms with van der Waals surface area (Å²) in [6, 6.07) is 15.8. The van der Waals surface area contributed by atoms with Gasteiger partial charge in [0.2, 0.25) is 5.91 Å². The van der Waals surface area contributed by atoms with Crippen LogP contribution in [0.3, 0.4) is 0 Å². The van der Waals surface area contributed by atoms with Crippen LogP contribution in [0.2, 0.25) is 0 Å². The summed E-state index contributed by atoms with van der Waals surface area (Å²) >= 11 is 0. The predicted octanol–water partition coefficient (Wildman–Crippen LogP) is 4.44. The molecule has 0 atom stereocenters. The summed E-state index contributed by atoms with van der Waals surface area (Å²) < 4.78 is 2.23. The molecule has 0 fully saturated rings. The maximum Gasteiger partial charge on any atom is 0.276 e. The minimum absolute atomic E-state index is 0.0460. The van der Waals surface area contributed by atoms with Crippen LogP contribution in [0.25, 0.3) is 11.4 Å². The van der Waals surface area contributed by atoms with Crippen molar-refractivity contribution in [1.82, 2.24) is 9.55 Å². The number of nitrogens with one attached hydrogen (secondary N) is 1. The number of rotatable bonds is 3. The van der Waals surface area contributed by atoms with Crippen molar-refractivity contribution in [3.8, 4) is 11.4 Å². The zero-order chi connectivity index (χ0) is 21.4. The molecule has 6 nitrogen and oxygen atoms in total. The summed E-state index contributed by atoms with van der Waals surface area (Å²) in [5.41, 5.74) is 5.34. The van der Waals surface area contributed by atoms with Gasteiger partial charge in [0.25, 0.3) is 5.91 Å². The molecule has 1 aromatic heterocycles. The maximum atomic E-state index is 13.3. The van der Waals surface area contributed by atoms with E-state index in [0.29, 0.717) is 12.2 Å². The highest BCUT2D eigenvalue weighted by molar-refractivity contribution is 6.04. The lowest BCUT2D eigenvalue weighted by Gasteiger charge is -2.15. The van der Waals surface area contributed by atoms with Gasteiger partial charge in [-0.15, -0.1) is 0 Å². The lowest BCUT2D eigenvalue weighted by atomic mass is 10.1. The van der Waals surface area contributed by atoms with Crippen LogP contribution in [-0.2, 0) is 24.2 Å². The number of aromatic nitrogens is 2. The van der Waals surface area contributed by atoms with Crippen molar-refractivity contribution < 1.29 is 9.59 Å². The van der Waals surface area contributed by atoms with Crippen LogP contribution in [0, 0.1) is 0 Å². The summed E-state index contributed by atoms with van der Waals surface area (Å²) in [6.45, 7) is 3.16. The average molecular weight is 415 g/mol. The first-order valence-corrected chi connectivity index (χ1v) is 11.0. The summed E-state index contributed by atoms with van der Waals surface area (Å²) in [5.74, 6) is 0.743. The van der Waals surface area contributed by atoms with Crippen LogP contribution in [0.15, 0.2) is 48.5 Å². The molecule has 5 rings (SSSR count). The fourth-order valence-electron chi connectivity index (χ4n) is 4.71. The molecular formula is C25H26N4O2. The van der Waals surface area contributed by atoms with Crippen molar-refractivity contribution in [2.45, 2.75) is 45.6 Å². The number of hydrogen-bond acceptors (Lipinski definition) is 3. The second-order valence-electron chi connectivity index (χ2n) is 8.28. The molecule has 1 N–H and O–H groups in total. The molecule has 158 valence electrons. The molecule has 6 heteroatoms.